The molecule has 0 saturated heterocycles. The number of thiophene rings is 1. The molecule has 0 aliphatic rings. The Morgan fingerprint density at radius 1 is 1.29 bits per heavy atom. The molecule has 0 aliphatic carbocycles. The zero-order valence-electron chi connectivity index (χ0n) is 10.8. The Bertz CT molecular complexity index is 716. The van der Waals surface area contributed by atoms with Gasteiger partial charge in [0.15, 0.2) is 0 Å². The number of halogens is 2. The van der Waals surface area contributed by atoms with Gasteiger partial charge in [-0.05, 0) is 30.3 Å². The molecule has 0 aliphatic heterocycles. The maximum Gasteiger partial charge on any atom is 0.265 e. The summed E-state index contributed by atoms with van der Waals surface area (Å²) in [6.45, 7) is 0.0172. The number of carbonyl (C=O) groups excluding carboxylic acids is 1. The number of rotatable bonds is 3. The fraction of sp³-hybridized carbons (Fsp3) is 0.133. The van der Waals surface area contributed by atoms with E-state index in [1.807, 2.05) is 0 Å². The molecular weight excluding hydrogens is 329 g/mol. The molecule has 2 rings (SSSR count). The highest BCUT2D eigenvalue weighted by molar-refractivity contribution is 7.18. The lowest BCUT2D eigenvalue weighted by molar-refractivity contribution is 0.103. The number of hydrogen-bond acceptors (Lipinski definition) is 3. The maximum absolute atomic E-state index is 12.1. The molecule has 108 valence electrons. The van der Waals surface area contributed by atoms with Crippen molar-refractivity contribution < 1.29 is 9.90 Å². The van der Waals surface area contributed by atoms with Gasteiger partial charge in [-0.2, -0.15) is 0 Å². The van der Waals surface area contributed by atoms with Crippen LogP contribution in [0.5, 0.6) is 0 Å². The van der Waals surface area contributed by atoms with Crippen molar-refractivity contribution in [1.29, 1.82) is 0 Å². The van der Waals surface area contributed by atoms with Gasteiger partial charge in [0.25, 0.3) is 5.91 Å². The van der Waals surface area contributed by atoms with Gasteiger partial charge in [0, 0.05) is 12.0 Å². The van der Waals surface area contributed by atoms with Crippen molar-refractivity contribution in [3.8, 4) is 11.8 Å². The maximum atomic E-state index is 12.1. The molecule has 0 radical (unpaired) electrons. The zero-order chi connectivity index (χ0) is 15.2. The van der Waals surface area contributed by atoms with Gasteiger partial charge in [0.2, 0.25) is 0 Å². The minimum atomic E-state index is -0.269. The summed E-state index contributed by atoms with van der Waals surface area (Å²) in [5.74, 6) is 5.44. The predicted molar refractivity (Wildman–Crippen MR) is 87.3 cm³/mol. The molecule has 0 fully saturated rings. The third-order valence-corrected chi connectivity index (χ3v) is 4.04. The number of nitrogens with one attached hydrogen (secondary N) is 1. The second kappa shape index (κ2) is 7.48. The Labute approximate surface area is 136 Å². The number of amides is 1. The molecule has 2 aromatic rings. The molecule has 21 heavy (non-hydrogen) atoms. The van der Waals surface area contributed by atoms with Crippen LogP contribution in [0.3, 0.4) is 0 Å². The van der Waals surface area contributed by atoms with Crippen LogP contribution in [0.15, 0.2) is 30.3 Å². The molecule has 1 aromatic heterocycles. The van der Waals surface area contributed by atoms with Crippen LogP contribution in [0.2, 0.25) is 9.36 Å². The zero-order valence-corrected chi connectivity index (χ0v) is 13.1. The van der Waals surface area contributed by atoms with Gasteiger partial charge in [0.1, 0.15) is 0 Å². The third kappa shape index (κ3) is 4.48. The Morgan fingerprint density at radius 2 is 2.10 bits per heavy atom. The molecule has 1 heterocycles. The predicted octanol–water partition coefficient (Wildman–Crippen LogP) is 4.04. The molecular formula is C15H11Cl2NO2S. The van der Waals surface area contributed by atoms with E-state index in [9.17, 15) is 4.79 Å². The third-order valence-electron chi connectivity index (χ3n) is 2.48. The van der Waals surface area contributed by atoms with Crippen LogP contribution in [0, 0.1) is 11.8 Å². The number of benzene rings is 1. The molecule has 0 spiro atoms. The van der Waals surface area contributed by atoms with Gasteiger partial charge in [-0.15, -0.1) is 11.3 Å². The highest BCUT2D eigenvalue weighted by Gasteiger charge is 2.11. The lowest BCUT2D eigenvalue weighted by Crippen LogP contribution is -2.10. The first-order valence-electron chi connectivity index (χ1n) is 6.06. The van der Waals surface area contributed by atoms with Crippen LogP contribution in [0.1, 0.15) is 21.7 Å². The first kappa shape index (κ1) is 15.9. The Kier molecular flexibility index (Phi) is 5.66. The van der Waals surface area contributed by atoms with Crippen molar-refractivity contribution in [2.24, 2.45) is 0 Å². The summed E-state index contributed by atoms with van der Waals surface area (Å²) in [4.78, 5) is 12.6. The smallest absolute Gasteiger partial charge is 0.265 e. The second-order valence-corrected chi connectivity index (χ2v) is 6.15. The Hall–Kier alpha value is -1.51. The van der Waals surface area contributed by atoms with E-state index in [1.165, 1.54) is 11.3 Å². The highest BCUT2D eigenvalue weighted by Crippen LogP contribution is 2.26. The van der Waals surface area contributed by atoms with Crippen molar-refractivity contribution >= 4 is 46.1 Å². The lowest BCUT2D eigenvalue weighted by Gasteiger charge is -2.06. The van der Waals surface area contributed by atoms with E-state index in [1.54, 1.807) is 30.3 Å². The summed E-state index contributed by atoms with van der Waals surface area (Å²) in [6, 6.07) is 8.44. The minimum absolute atomic E-state index is 0.0172. The van der Waals surface area contributed by atoms with E-state index >= 15 is 0 Å². The SMILES string of the molecule is O=C(Nc1cc(C#CCCO)ccc1Cl)c1ccc(Cl)s1. The van der Waals surface area contributed by atoms with Crippen molar-refractivity contribution in [3.63, 3.8) is 0 Å². The van der Waals surface area contributed by atoms with Gasteiger partial charge < -0.3 is 10.4 Å². The lowest BCUT2D eigenvalue weighted by atomic mass is 10.2. The van der Waals surface area contributed by atoms with Gasteiger partial charge in [-0.3, -0.25) is 4.79 Å². The first-order valence-corrected chi connectivity index (χ1v) is 7.63. The topological polar surface area (TPSA) is 49.3 Å². The molecule has 2 N–H and O–H groups in total. The van der Waals surface area contributed by atoms with Gasteiger partial charge in [0.05, 0.1) is 26.5 Å². The van der Waals surface area contributed by atoms with Crippen LogP contribution in [-0.2, 0) is 0 Å². The Balaban J connectivity index is 2.17. The van der Waals surface area contributed by atoms with E-state index < -0.39 is 0 Å². The van der Waals surface area contributed by atoms with E-state index in [0.29, 0.717) is 31.9 Å². The summed E-state index contributed by atoms with van der Waals surface area (Å²) in [7, 11) is 0. The van der Waals surface area contributed by atoms with Crippen LogP contribution in [0.25, 0.3) is 0 Å². The van der Waals surface area contributed by atoms with Crippen molar-refractivity contribution in [1.82, 2.24) is 0 Å². The second-order valence-electron chi connectivity index (χ2n) is 4.03. The standard InChI is InChI=1S/C15H11Cl2NO2S/c16-11-5-4-10(3-1-2-8-19)9-12(11)18-15(20)13-6-7-14(17)21-13/h4-7,9,19H,2,8H2,(H,18,20). The molecule has 1 amide bonds. The van der Waals surface area contributed by atoms with Crippen LogP contribution in [-0.4, -0.2) is 17.6 Å². The molecule has 0 unspecified atom stereocenters. The van der Waals surface area contributed by atoms with E-state index in [0.717, 1.165) is 0 Å². The number of aliphatic hydroxyl groups excluding tert-OH is 1. The normalized spacial score (nSPS) is 9.86. The van der Waals surface area contributed by atoms with E-state index in [4.69, 9.17) is 28.3 Å². The fourth-order valence-corrected chi connectivity index (χ4v) is 2.64. The van der Waals surface area contributed by atoms with Crippen LogP contribution in [0.4, 0.5) is 5.69 Å². The quantitative estimate of drug-likeness (QED) is 0.829. The molecule has 0 saturated carbocycles. The molecule has 1 aromatic carbocycles. The van der Waals surface area contributed by atoms with E-state index in [-0.39, 0.29) is 12.5 Å². The summed E-state index contributed by atoms with van der Waals surface area (Å²) in [5.41, 5.74) is 1.20. The van der Waals surface area contributed by atoms with Crippen LogP contribution >= 0.6 is 34.5 Å². The minimum Gasteiger partial charge on any atom is -0.395 e. The van der Waals surface area contributed by atoms with Gasteiger partial charge in [-0.1, -0.05) is 35.0 Å². The van der Waals surface area contributed by atoms with Crippen molar-refractivity contribution in [2.75, 3.05) is 11.9 Å². The summed E-state index contributed by atoms with van der Waals surface area (Å²) < 4.78 is 0.551. The number of hydrogen-bond donors (Lipinski definition) is 2. The Morgan fingerprint density at radius 3 is 2.76 bits per heavy atom. The summed E-state index contributed by atoms with van der Waals surface area (Å²) in [5, 5.41) is 11.9. The largest absolute Gasteiger partial charge is 0.395 e. The number of carbonyl (C=O) groups is 1. The molecule has 3 nitrogen and oxygen atoms in total. The monoisotopic (exact) mass is 339 g/mol. The molecule has 0 bridgehead atoms. The highest BCUT2D eigenvalue weighted by atomic mass is 35.5. The average molecular weight is 340 g/mol. The molecule has 6 heteroatoms. The fourth-order valence-electron chi connectivity index (χ4n) is 1.54. The van der Waals surface area contributed by atoms with E-state index in [2.05, 4.69) is 17.2 Å². The number of aliphatic hydroxyl groups is 1. The van der Waals surface area contributed by atoms with Crippen LogP contribution < -0.4 is 5.32 Å². The first-order chi connectivity index (χ1) is 10.1. The van der Waals surface area contributed by atoms with Gasteiger partial charge >= 0.3 is 0 Å². The van der Waals surface area contributed by atoms with Crippen molar-refractivity contribution in [2.45, 2.75) is 6.42 Å². The average Bonchev–Trinajstić information content (AvgIpc) is 2.89. The number of anilines is 1. The van der Waals surface area contributed by atoms with Crippen molar-refractivity contribution in [3.05, 3.63) is 50.1 Å². The van der Waals surface area contributed by atoms with Gasteiger partial charge in [-0.25, -0.2) is 0 Å². The molecule has 0 atom stereocenters. The summed E-state index contributed by atoms with van der Waals surface area (Å²) >= 11 is 13.1. The summed E-state index contributed by atoms with van der Waals surface area (Å²) in [6.07, 6.45) is 0.401.